The van der Waals surface area contributed by atoms with Gasteiger partial charge in [-0.3, -0.25) is 0 Å². The maximum atomic E-state index is 10.1. The molecule has 0 saturated heterocycles. The summed E-state index contributed by atoms with van der Waals surface area (Å²) in [6, 6.07) is 9.10. The first-order chi connectivity index (χ1) is 8.70. The molecule has 0 saturated carbocycles. The fraction of sp³-hybridized carbons (Fsp3) is 0.200. The Morgan fingerprint density at radius 1 is 1.00 bits per heavy atom. The molecule has 2 N–H and O–H groups in total. The molecule has 18 heavy (non-hydrogen) atoms. The highest BCUT2D eigenvalue weighted by atomic mass is 16.5. The highest BCUT2D eigenvalue weighted by Gasteiger charge is 2.21. The van der Waals surface area contributed by atoms with E-state index in [1.54, 1.807) is 25.3 Å². The second-order valence-electron chi connectivity index (χ2n) is 4.48. The van der Waals surface area contributed by atoms with Gasteiger partial charge in [0.05, 0.1) is 7.11 Å². The summed E-state index contributed by atoms with van der Waals surface area (Å²) < 4.78 is 5.13. The number of ether oxygens (including phenoxy) is 1. The second-order valence-corrected chi connectivity index (χ2v) is 4.48. The van der Waals surface area contributed by atoms with Gasteiger partial charge in [0.25, 0.3) is 0 Å². The molecule has 0 spiro atoms. The first-order valence-corrected chi connectivity index (χ1v) is 5.92. The summed E-state index contributed by atoms with van der Waals surface area (Å²) >= 11 is 0. The molecular weight excluding hydrogens is 228 g/mol. The zero-order chi connectivity index (χ0) is 12.7. The molecule has 0 atom stereocenters. The molecule has 0 fully saturated rings. The predicted molar refractivity (Wildman–Crippen MR) is 69.2 cm³/mol. The number of rotatable bonds is 1. The summed E-state index contributed by atoms with van der Waals surface area (Å²) in [6.07, 6.45) is 1.58. The molecule has 3 rings (SSSR count). The molecule has 0 bridgehead atoms. The van der Waals surface area contributed by atoms with E-state index in [0.29, 0.717) is 5.75 Å². The Balaban J connectivity index is 2.22. The van der Waals surface area contributed by atoms with Gasteiger partial charge in [0.2, 0.25) is 0 Å². The first-order valence-electron chi connectivity index (χ1n) is 5.92. The normalized spacial score (nSPS) is 12.7. The Kier molecular flexibility index (Phi) is 2.40. The van der Waals surface area contributed by atoms with E-state index in [1.807, 2.05) is 12.1 Å². The minimum absolute atomic E-state index is 0.230. The lowest BCUT2D eigenvalue weighted by Gasteiger charge is -2.21. The number of hydrogen-bond acceptors (Lipinski definition) is 3. The fourth-order valence-corrected chi connectivity index (χ4v) is 2.59. The predicted octanol–water partition coefficient (Wildman–Crippen LogP) is 2.87. The van der Waals surface area contributed by atoms with Crippen molar-refractivity contribution >= 4 is 0 Å². The number of aromatic hydroxyl groups is 2. The highest BCUT2D eigenvalue weighted by Crippen LogP contribution is 2.42. The Labute approximate surface area is 105 Å². The molecular formula is C15H14O3. The van der Waals surface area contributed by atoms with Crippen LogP contribution in [-0.2, 0) is 12.8 Å². The number of phenols is 2. The number of methoxy groups -OCH3 is 1. The SMILES string of the molecule is COc1ccc2c(c1O)CCc1cc(O)ccc1-2. The molecule has 2 aromatic rings. The topological polar surface area (TPSA) is 49.7 Å². The average molecular weight is 242 g/mol. The zero-order valence-corrected chi connectivity index (χ0v) is 10.1. The van der Waals surface area contributed by atoms with Crippen LogP contribution in [0.15, 0.2) is 30.3 Å². The smallest absolute Gasteiger partial charge is 0.161 e. The van der Waals surface area contributed by atoms with Gasteiger partial charge in [0.1, 0.15) is 5.75 Å². The van der Waals surface area contributed by atoms with Crippen molar-refractivity contribution in [1.29, 1.82) is 0 Å². The van der Waals surface area contributed by atoms with Crippen molar-refractivity contribution in [1.82, 2.24) is 0 Å². The molecule has 0 aliphatic heterocycles. The van der Waals surface area contributed by atoms with Crippen molar-refractivity contribution in [3.8, 4) is 28.4 Å². The van der Waals surface area contributed by atoms with Crippen LogP contribution >= 0.6 is 0 Å². The van der Waals surface area contributed by atoms with Crippen LogP contribution in [0.5, 0.6) is 17.2 Å². The first kappa shape index (κ1) is 11.0. The van der Waals surface area contributed by atoms with Gasteiger partial charge in [-0.15, -0.1) is 0 Å². The van der Waals surface area contributed by atoms with Gasteiger partial charge in [-0.2, -0.15) is 0 Å². The summed E-state index contributed by atoms with van der Waals surface area (Å²) in [5.74, 6) is 1.03. The van der Waals surface area contributed by atoms with Crippen LogP contribution in [0.4, 0.5) is 0 Å². The molecule has 1 aliphatic rings. The number of benzene rings is 2. The van der Waals surface area contributed by atoms with Gasteiger partial charge in [0.15, 0.2) is 11.5 Å². The van der Waals surface area contributed by atoms with Gasteiger partial charge < -0.3 is 14.9 Å². The maximum Gasteiger partial charge on any atom is 0.161 e. The van der Waals surface area contributed by atoms with E-state index in [9.17, 15) is 10.2 Å². The molecule has 0 radical (unpaired) electrons. The second kappa shape index (κ2) is 3.95. The van der Waals surface area contributed by atoms with Crippen molar-refractivity contribution in [3.05, 3.63) is 41.5 Å². The molecule has 0 unspecified atom stereocenters. The van der Waals surface area contributed by atoms with E-state index >= 15 is 0 Å². The number of aryl methyl sites for hydroxylation is 1. The van der Waals surface area contributed by atoms with Gasteiger partial charge in [-0.1, -0.05) is 12.1 Å². The summed E-state index contributed by atoms with van der Waals surface area (Å²) in [7, 11) is 1.55. The van der Waals surface area contributed by atoms with Gasteiger partial charge in [0, 0.05) is 5.56 Å². The maximum absolute atomic E-state index is 10.1. The summed E-state index contributed by atoms with van der Waals surface area (Å²) in [6.45, 7) is 0. The van der Waals surface area contributed by atoms with Gasteiger partial charge >= 0.3 is 0 Å². The molecule has 92 valence electrons. The van der Waals surface area contributed by atoms with Crippen LogP contribution in [0.1, 0.15) is 11.1 Å². The van der Waals surface area contributed by atoms with Crippen LogP contribution in [0.2, 0.25) is 0 Å². The molecule has 1 aliphatic carbocycles. The third-order valence-corrected chi connectivity index (χ3v) is 3.49. The highest BCUT2D eigenvalue weighted by molar-refractivity contribution is 5.77. The van der Waals surface area contributed by atoms with Gasteiger partial charge in [-0.25, -0.2) is 0 Å². The van der Waals surface area contributed by atoms with Gasteiger partial charge in [-0.05, 0) is 47.7 Å². The molecule has 0 aromatic heterocycles. The van der Waals surface area contributed by atoms with E-state index in [2.05, 4.69) is 0 Å². The number of phenolic OH excluding ortho intramolecular Hbond substituents is 2. The largest absolute Gasteiger partial charge is 0.508 e. The number of fused-ring (bicyclic) bond motifs is 3. The summed E-state index contributed by atoms with van der Waals surface area (Å²) in [5, 5.41) is 19.6. The Morgan fingerprint density at radius 3 is 2.56 bits per heavy atom. The lowest BCUT2D eigenvalue weighted by molar-refractivity contribution is 0.370. The molecule has 3 nitrogen and oxygen atoms in total. The Bertz CT molecular complexity index is 617. The standard InChI is InChI=1S/C15H14O3/c1-18-14-7-6-12-11-5-3-10(16)8-9(11)2-4-13(12)15(14)17/h3,5-8,16-17H,2,4H2,1H3. The Morgan fingerprint density at radius 2 is 1.78 bits per heavy atom. The van der Waals surface area contributed by atoms with Crippen molar-refractivity contribution < 1.29 is 14.9 Å². The lowest BCUT2D eigenvalue weighted by Crippen LogP contribution is -2.04. The van der Waals surface area contributed by atoms with E-state index < -0.39 is 0 Å². The lowest BCUT2D eigenvalue weighted by atomic mass is 9.85. The van der Waals surface area contributed by atoms with Crippen LogP contribution in [0.3, 0.4) is 0 Å². The molecule has 3 heteroatoms. The Hall–Kier alpha value is -2.16. The van der Waals surface area contributed by atoms with E-state index in [1.165, 1.54) is 0 Å². The van der Waals surface area contributed by atoms with Crippen molar-refractivity contribution in [2.24, 2.45) is 0 Å². The van der Waals surface area contributed by atoms with Crippen molar-refractivity contribution in [3.63, 3.8) is 0 Å². The fourth-order valence-electron chi connectivity index (χ4n) is 2.59. The third kappa shape index (κ3) is 1.51. The number of hydrogen-bond donors (Lipinski definition) is 2. The van der Waals surface area contributed by atoms with Crippen LogP contribution in [-0.4, -0.2) is 17.3 Å². The minimum atomic E-state index is 0.230. The monoisotopic (exact) mass is 242 g/mol. The van der Waals surface area contributed by atoms with E-state index in [4.69, 9.17) is 4.74 Å². The average Bonchev–Trinajstić information content (AvgIpc) is 2.38. The quantitative estimate of drug-likeness (QED) is 0.808. The minimum Gasteiger partial charge on any atom is -0.508 e. The van der Waals surface area contributed by atoms with Crippen LogP contribution < -0.4 is 4.74 Å². The summed E-state index contributed by atoms with van der Waals surface area (Å²) in [4.78, 5) is 0. The van der Waals surface area contributed by atoms with Crippen molar-refractivity contribution in [2.75, 3.05) is 7.11 Å². The van der Waals surface area contributed by atoms with Crippen molar-refractivity contribution in [2.45, 2.75) is 12.8 Å². The summed E-state index contributed by atoms with van der Waals surface area (Å²) in [5.41, 5.74) is 4.14. The molecule has 0 amide bonds. The van der Waals surface area contributed by atoms with Crippen LogP contribution in [0.25, 0.3) is 11.1 Å². The van der Waals surface area contributed by atoms with E-state index in [-0.39, 0.29) is 11.5 Å². The van der Waals surface area contributed by atoms with E-state index in [0.717, 1.165) is 35.1 Å². The molecule has 0 heterocycles. The molecule has 2 aromatic carbocycles. The third-order valence-electron chi connectivity index (χ3n) is 3.49. The zero-order valence-electron chi connectivity index (χ0n) is 10.1. The van der Waals surface area contributed by atoms with Crippen LogP contribution in [0, 0.1) is 0 Å².